The third-order valence-corrected chi connectivity index (χ3v) is 5.96. The molecule has 0 unspecified atom stereocenters. The van der Waals surface area contributed by atoms with Crippen molar-refractivity contribution in [1.82, 2.24) is 10.2 Å². The number of hydrogen-bond donors (Lipinski definition) is 3. The summed E-state index contributed by atoms with van der Waals surface area (Å²) in [5.74, 6) is -0.600. The molecule has 0 saturated heterocycles. The van der Waals surface area contributed by atoms with E-state index < -0.39 is 15.9 Å². The Kier molecular flexibility index (Phi) is 5.49. The molecule has 30 heavy (non-hydrogen) atoms. The second-order valence-corrected chi connectivity index (χ2v) is 8.63. The van der Waals surface area contributed by atoms with Gasteiger partial charge in [0.05, 0.1) is 17.6 Å². The molecule has 0 radical (unpaired) electrons. The number of H-pyrrole nitrogens is 1. The highest BCUT2D eigenvalue weighted by Gasteiger charge is 2.19. The Morgan fingerprint density at radius 3 is 2.50 bits per heavy atom. The number of nitrogens with one attached hydrogen (secondary N) is 3. The van der Waals surface area contributed by atoms with Crippen molar-refractivity contribution in [3.8, 4) is 0 Å². The molecule has 1 heterocycles. The van der Waals surface area contributed by atoms with Crippen LogP contribution in [0.15, 0.2) is 79.0 Å². The van der Waals surface area contributed by atoms with Gasteiger partial charge in [0.1, 0.15) is 5.69 Å². The fraction of sp³-hybridized carbons (Fsp3) is 0.0909. The topological polar surface area (TPSA) is 104 Å². The Hall–Kier alpha value is -3.65. The number of hydrogen-bond acceptors (Lipinski definition) is 4. The van der Waals surface area contributed by atoms with E-state index in [0.29, 0.717) is 12.1 Å². The molecule has 1 amide bonds. The summed E-state index contributed by atoms with van der Waals surface area (Å²) in [5, 5.41) is 11.2. The predicted molar refractivity (Wildman–Crippen MR) is 118 cm³/mol. The first-order valence-electron chi connectivity index (χ1n) is 9.39. The van der Waals surface area contributed by atoms with Crippen LogP contribution < -0.4 is 10.0 Å². The monoisotopic (exact) mass is 420 g/mol. The van der Waals surface area contributed by atoms with Crippen LogP contribution in [-0.4, -0.2) is 30.3 Å². The van der Waals surface area contributed by atoms with Crippen LogP contribution in [0.25, 0.3) is 10.8 Å². The standard InChI is InChI=1S/C22H20N4O3S/c27-22(24-18-10-2-1-3-11-18)21-20(15-23-25-21)26-30(28,29)14-13-17-9-6-8-16-7-4-5-12-19(16)17/h1-12,15,26H,13-14H2,(H,23,25)(H,24,27). The summed E-state index contributed by atoms with van der Waals surface area (Å²) in [7, 11) is -3.69. The number of carbonyl (C=O) groups excluding carboxylic acids is 1. The molecule has 0 saturated carbocycles. The first-order valence-corrected chi connectivity index (χ1v) is 11.0. The van der Waals surface area contributed by atoms with Gasteiger partial charge < -0.3 is 5.32 Å². The fourth-order valence-electron chi connectivity index (χ4n) is 3.23. The highest BCUT2D eigenvalue weighted by molar-refractivity contribution is 7.92. The van der Waals surface area contributed by atoms with Crippen LogP contribution in [0.3, 0.4) is 0 Å². The molecule has 7 nitrogen and oxygen atoms in total. The summed E-state index contributed by atoms with van der Waals surface area (Å²) in [5.41, 5.74) is 1.71. The van der Waals surface area contributed by atoms with Crippen molar-refractivity contribution in [2.75, 3.05) is 15.8 Å². The molecular formula is C22H20N4O3S. The molecule has 1 aromatic heterocycles. The van der Waals surface area contributed by atoms with Gasteiger partial charge in [0.15, 0.2) is 0 Å². The molecule has 152 valence electrons. The van der Waals surface area contributed by atoms with E-state index in [1.54, 1.807) is 24.3 Å². The highest BCUT2D eigenvalue weighted by Crippen LogP contribution is 2.20. The van der Waals surface area contributed by atoms with Gasteiger partial charge in [-0.3, -0.25) is 14.6 Å². The van der Waals surface area contributed by atoms with Crippen molar-refractivity contribution in [3.05, 3.63) is 90.3 Å². The molecule has 0 spiro atoms. The average Bonchev–Trinajstić information content (AvgIpc) is 3.20. The Labute approximate surface area is 174 Å². The number of aromatic nitrogens is 2. The third kappa shape index (κ3) is 4.49. The Morgan fingerprint density at radius 2 is 1.67 bits per heavy atom. The van der Waals surface area contributed by atoms with Gasteiger partial charge in [-0.25, -0.2) is 8.42 Å². The summed E-state index contributed by atoms with van der Waals surface area (Å²) in [4.78, 5) is 12.5. The van der Waals surface area contributed by atoms with Crippen LogP contribution >= 0.6 is 0 Å². The van der Waals surface area contributed by atoms with Crippen molar-refractivity contribution < 1.29 is 13.2 Å². The van der Waals surface area contributed by atoms with Crippen molar-refractivity contribution in [1.29, 1.82) is 0 Å². The Bertz CT molecular complexity index is 1280. The molecule has 4 aromatic rings. The molecular weight excluding hydrogens is 400 g/mol. The molecule has 0 aliphatic carbocycles. The smallest absolute Gasteiger partial charge is 0.275 e. The minimum absolute atomic E-state index is 0.0487. The van der Waals surface area contributed by atoms with E-state index >= 15 is 0 Å². The van der Waals surface area contributed by atoms with Crippen molar-refractivity contribution in [2.24, 2.45) is 0 Å². The van der Waals surface area contributed by atoms with Gasteiger partial charge in [0, 0.05) is 5.69 Å². The Morgan fingerprint density at radius 1 is 0.933 bits per heavy atom. The maximum absolute atomic E-state index is 12.7. The number of nitrogens with zero attached hydrogens (tertiary/aromatic N) is 1. The molecule has 0 atom stereocenters. The zero-order valence-electron chi connectivity index (χ0n) is 16.0. The number of sulfonamides is 1. The van der Waals surface area contributed by atoms with Crippen LogP contribution in [-0.2, 0) is 16.4 Å². The van der Waals surface area contributed by atoms with E-state index in [4.69, 9.17) is 0 Å². The number of aryl methyl sites for hydroxylation is 1. The Balaban J connectivity index is 1.46. The maximum atomic E-state index is 12.7. The lowest BCUT2D eigenvalue weighted by Crippen LogP contribution is -2.21. The zero-order chi connectivity index (χ0) is 21.0. The van der Waals surface area contributed by atoms with E-state index in [2.05, 4.69) is 20.2 Å². The fourth-order valence-corrected chi connectivity index (χ4v) is 4.31. The minimum atomic E-state index is -3.69. The second kappa shape index (κ2) is 8.38. The van der Waals surface area contributed by atoms with Crippen molar-refractivity contribution >= 4 is 38.1 Å². The van der Waals surface area contributed by atoms with Crippen LogP contribution in [0.5, 0.6) is 0 Å². The minimum Gasteiger partial charge on any atom is -0.321 e. The number of benzene rings is 3. The first kappa shape index (κ1) is 19.7. The van der Waals surface area contributed by atoms with E-state index in [0.717, 1.165) is 16.3 Å². The van der Waals surface area contributed by atoms with Crippen molar-refractivity contribution in [3.63, 3.8) is 0 Å². The molecule has 3 N–H and O–H groups in total. The zero-order valence-corrected chi connectivity index (χ0v) is 16.8. The normalized spacial score (nSPS) is 11.3. The molecule has 0 aliphatic heterocycles. The summed E-state index contributed by atoms with van der Waals surface area (Å²) in [6, 6.07) is 22.6. The molecule has 0 bridgehead atoms. The quantitative estimate of drug-likeness (QED) is 0.423. The van der Waals surface area contributed by atoms with Gasteiger partial charge in [-0.15, -0.1) is 0 Å². The highest BCUT2D eigenvalue weighted by atomic mass is 32.2. The number of amides is 1. The number of aromatic amines is 1. The van der Waals surface area contributed by atoms with E-state index in [1.165, 1.54) is 6.20 Å². The molecule has 0 fully saturated rings. The summed E-state index contributed by atoms with van der Waals surface area (Å²) >= 11 is 0. The van der Waals surface area contributed by atoms with Crippen LogP contribution in [0.2, 0.25) is 0 Å². The predicted octanol–water partition coefficient (Wildman–Crippen LogP) is 3.80. The van der Waals surface area contributed by atoms with Gasteiger partial charge in [0.2, 0.25) is 10.0 Å². The van der Waals surface area contributed by atoms with Crippen LogP contribution in [0.4, 0.5) is 11.4 Å². The third-order valence-electron chi connectivity index (χ3n) is 4.68. The number of anilines is 2. The lowest BCUT2D eigenvalue weighted by atomic mass is 10.0. The van der Waals surface area contributed by atoms with Gasteiger partial charge in [0.25, 0.3) is 5.91 Å². The van der Waals surface area contributed by atoms with Gasteiger partial charge in [-0.2, -0.15) is 5.10 Å². The SMILES string of the molecule is O=C(Nc1ccccc1)c1[nH]ncc1NS(=O)(=O)CCc1cccc2ccccc12. The lowest BCUT2D eigenvalue weighted by Gasteiger charge is -2.10. The average molecular weight is 420 g/mol. The second-order valence-electron chi connectivity index (χ2n) is 6.79. The van der Waals surface area contributed by atoms with Gasteiger partial charge >= 0.3 is 0 Å². The van der Waals surface area contributed by atoms with E-state index in [-0.39, 0.29) is 17.1 Å². The van der Waals surface area contributed by atoms with Gasteiger partial charge in [-0.05, 0) is 34.9 Å². The molecule has 4 rings (SSSR count). The van der Waals surface area contributed by atoms with Crippen LogP contribution in [0.1, 0.15) is 16.1 Å². The summed E-state index contributed by atoms with van der Waals surface area (Å²) in [6.07, 6.45) is 1.63. The summed E-state index contributed by atoms with van der Waals surface area (Å²) < 4.78 is 27.8. The number of carbonyl (C=O) groups is 1. The van der Waals surface area contributed by atoms with Crippen LogP contribution in [0, 0.1) is 0 Å². The molecule has 0 aliphatic rings. The molecule has 8 heteroatoms. The largest absolute Gasteiger partial charge is 0.321 e. The van der Waals surface area contributed by atoms with E-state index in [9.17, 15) is 13.2 Å². The van der Waals surface area contributed by atoms with Gasteiger partial charge in [-0.1, -0.05) is 60.7 Å². The maximum Gasteiger partial charge on any atom is 0.275 e. The number of fused-ring (bicyclic) bond motifs is 1. The first-order chi connectivity index (χ1) is 14.5. The molecule has 3 aromatic carbocycles. The number of rotatable bonds is 7. The van der Waals surface area contributed by atoms with E-state index in [1.807, 2.05) is 48.5 Å². The summed E-state index contributed by atoms with van der Waals surface area (Å²) in [6.45, 7) is 0. The number of para-hydroxylation sites is 1. The lowest BCUT2D eigenvalue weighted by molar-refractivity contribution is 0.102. The van der Waals surface area contributed by atoms with Crippen molar-refractivity contribution in [2.45, 2.75) is 6.42 Å².